The van der Waals surface area contributed by atoms with E-state index in [9.17, 15) is 0 Å². The molecule has 0 aliphatic heterocycles. The topological polar surface area (TPSA) is 33.6 Å². The molecule has 1 N–H and O–H groups in total. The van der Waals surface area contributed by atoms with Crippen LogP contribution >= 0.6 is 23.8 Å². The number of rotatable bonds is 1. The van der Waals surface area contributed by atoms with Crippen molar-refractivity contribution in [3.8, 4) is 5.69 Å². The van der Waals surface area contributed by atoms with Gasteiger partial charge in [-0.15, -0.1) is 0 Å². The van der Waals surface area contributed by atoms with Crippen LogP contribution in [0.3, 0.4) is 0 Å². The van der Waals surface area contributed by atoms with Crippen LogP contribution in [0.25, 0.3) is 16.9 Å². The van der Waals surface area contributed by atoms with Crippen molar-refractivity contribution >= 4 is 35.0 Å². The molecule has 84 valence electrons. The number of hydrogen-bond donors (Lipinski definition) is 1. The van der Waals surface area contributed by atoms with Gasteiger partial charge in [0.2, 0.25) is 0 Å². The number of imidazole rings is 1. The molecule has 17 heavy (non-hydrogen) atoms. The zero-order valence-corrected chi connectivity index (χ0v) is 10.3. The maximum Gasteiger partial charge on any atom is 0.183 e. The second kappa shape index (κ2) is 3.98. The maximum absolute atomic E-state index is 5.90. The van der Waals surface area contributed by atoms with Gasteiger partial charge >= 0.3 is 0 Å². The quantitative estimate of drug-likeness (QED) is 0.677. The summed E-state index contributed by atoms with van der Waals surface area (Å²) in [5, 5.41) is 0.592. The van der Waals surface area contributed by atoms with Crippen LogP contribution in [0.15, 0.2) is 42.6 Å². The Bertz CT molecular complexity index is 730. The molecule has 5 heteroatoms. The van der Waals surface area contributed by atoms with Gasteiger partial charge in [0.25, 0.3) is 0 Å². The highest BCUT2D eigenvalue weighted by molar-refractivity contribution is 7.71. The van der Waals surface area contributed by atoms with Gasteiger partial charge in [0, 0.05) is 11.9 Å². The molecule has 3 nitrogen and oxygen atoms in total. The van der Waals surface area contributed by atoms with Gasteiger partial charge in [-0.25, -0.2) is 4.98 Å². The van der Waals surface area contributed by atoms with Crippen molar-refractivity contribution in [1.82, 2.24) is 14.5 Å². The van der Waals surface area contributed by atoms with Crippen molar-refractivity contribution in [3.63, 3.8) is 0 Å². The fraction of sp³-hybridized carbons (Fsp3) is 0. The lowest BCUT2D eigenvalue weighted by Crippen LogP contribution is -1.94. The van der Waals surface area contributed by atoms with Gasteiger partial charge in [0.1, 0.15) is 0 Å². The largest absolute Gasteiger partial charge is 0.329 e. The predicted octanol–water partition coefficient (Wildman–Crippen LogP) is 3.74. The first-order valence-corrected chi connectivity index (χ1v) is 5.86. The number of halogens is 1. The summed E-state index contributed by atoms with van der Waals surface area (Å²) < 4.78 is 2.50. The molecule has 0 bridgehead atoms. The van der Waals surface area contributed by atoms with Gasteiger partial charge in [-0.2, -0.15) is 0 Å². The molecule has 0 aliphatic rings. The van der Waals surface area contributed by atoms with E-state index in [4.69, 9.17) is 23.8 Å². The first kappa shape index (κ1) is 10.5. The number of aromatic amines is 1. The third-order valence-electron chi connectivity index (χ3n) is 2.50. The van der Waals surface area contributed by atoms with Gasteiger partial charge in [0.05, 0.1) is 10.5 Å². The second-order valence-electron chi connectivity index (χ2n) is 3.63. The zero-order valence-electron chi connectivity index (χ0n) is 8.72. The summed E-state index contributed by atoms with van der Waals surface area (Å²) in [5.41, 5.74) is 2.61. The molecule has 0 saturated carbocycles. The average molecular weight is 262 g/mol. The van der Waals surface area contributed by atoms with E-state index in [2.05, 4.69) is 9.97 Å². The van der Waals surface area contributed by atoms with Crippen LogP contribution in [0.2, 0.25) is 5.02 Å². The summed E-state index contributed by atoms with van der Waals surface area (Å²) >= 11 is 11.2. The van der Waals surface area contributed by atoms with E-state index in [1.807, 2.05) is 41.0 Å². The Morgan fingerprint density at radius 1 is 1.24 bits per heavy atom. The maximum atomic E-state index is 5.90. The lowest BCUT2D eigenvalue weighted by Gasteiger charge is -2.02. The lowest BCUT2D eigenvalue weighted by atomic mass is 10.3. The molecule has 0 unspecified atom stereocenters. The van der Waals surface area contributed by atoms with Crippen molar-refractivity contribution in [2.45, 2.75) is 0 Å². The Hall–Kier alpha value is -1.65. The normalized spacial score (nSPS) is 10.9. The minimum absolute atomic E-state index is 0.592. The molecule has 1 aromatic carbocycles. The van der Waals surface area contributed by atoms with Gasteiger partial charge in [-0.1, -0.05) is 29.8 Å². The van der Waals surface area contributed by atoms with Crippen LogP contribution in [0.5, 0.6) is 0 Å². The smallest absolute Gasteiger partial charge is 0.183 e. The molecule has 0 saturated heterocycles. The minimum Gasteiger partial charge on any atom is -0.329 e. The van der Waals surface area contributed by atoms with Crippen LogP contribution in [-0.4, -0.2) is 14.5 Å². The number of fused-ring (bicyclic) bond motifs is 1. The monoisotopic (exact) mass is 261 g/mol. The Balaban J connectivity index is 2.37. The highest BCUT2D eigenvalue weighted by Gasteiger charge is 2.07. The summed E-state index contributed by atoms with van der Waals surface area (Å²) in [6.07, 6.45) is 1.62. The SMILES string of the molecule is S=c1[nH]c2cc(Cl)cnc2n1-c1ccccc1. The number of H-pyrrole nitrogens is 1. The summed E-state index contributed by atoms with van der Waals surface area (Å²) in [6.45, 7) is 0. The van der Waals surface area contributed by atoms with Crippen LogP contribution in [0.4, 0.5) is 0 Å². The predicted molar refractivity (Wildman–Crippen MR) is 71.3 cm³/mol. The van der Waals surface area contributed by atoms with Crippen molar-refractivity contribution in [3.05, 3.63) is 52.4 Å². The fourth-order valence-corrected chi connectivity index (χ4v) is 2.25. The van der Waals surface area contributed by atoms with Crippen LogP contribution in [0.1, 0.15) is 0 Å². The molecule has 0 atom stereocenters. The zero-order chi connectivity index (χ0) is 11.8. The molecule has 0 spiro atoms. The number of nitrogens with zero attached hydrogens (tertiary/aromatic N) is 2. The van der Waals surface area contributed by atoms with E-state index >= 15 is 0 Å². The highest BCUT2D eigenvalue weighted by Crippen LogP contribution is 2.19. The van der Waals surface area contributed by atoms with Crippen LogP contribution in [-0.2, 0) is 0 Å². The third kappa shape index (κ3) is 1.75. The van der Waals surface area contributed by atoms with Crippen molar-refractivity contribution in [2.24, 2.45) is 0 Å². The van der Waals surface area contributed by atoms with Gasteiger partial charge in [0.15, 0.2) is 10.4 Å². The van der Waals surface area contributed by atoms with E-state index in [-0.39, 0.29) is 0 Å². The number of aromatic nitrogens is 3. The molecular weight excluding hydrogens is 254 g/mol. The van der Waals surface area contributed by atoms with Crippen molar-refractivity contribution in [1.29, 1.82) is 0 Å². The summed E-state index contributed by atoms with van der Waals surface area (Å²) in [6, 6.07) is 11.7. The molecule has 0 fully saturated rings. The minimum atomic E-state index is 0.592. The first-order chi connectivity index (χ1) is 8.25. The number of pyridine rings is 1. The Morgan fingerprint density at radius 3 is 2.76 bits per heavy atom. The van der Waals surface area contributed by atoms with E-state index < -0.39 is 0 Å². The summed E-state index contributed by atoms with van der Waals surface area (Å²) in [5.74, 6) is 0. The molecule has 0 aliphatic carbocycles. The van der Waals surface area contributed by atoms with Gasteiger partial charge < -0.3 is 4.98 Å². The third-order valence-corrected chi connectivity index (χ3v) is 3.00. The number of nitrogens with one attached hydrogen (secondary N) is 1. The standard InChI is InChI=1S/C12H8ClN3S/c13-8-6-10-11(14-7-8)16(12(17)15-10)9-4-2-1-3-5-9/h1-7H,(H,15,17). The highest BCUT2D eigenvalue weighted by atomic mass is 35.5. The molecule has 0 amide bonds. The Kier molecular flexibility index (Phi) is 2.46. The van der Waals surface area contributed by atoms with Gasteiger partial charge in [-0.05, 0) is 30.4 Å². The molecular formula is C12H8ClN3S. The second-order valence-corrected chi connectivity index (χ2v) is 4.45. The van der Waals surface area contributed by atoms with E-state index in [0.717, 1.165) is 16.9 Å². The average Bonchev–Trinajstić information content (AvgIpc) is 2.65. The lowest BCUT2D eigenvalue weighted by molar-refractivity contribution is 1.04. The molecule has 3 rings (SSSR count). The Morgan fingerprint density at radius 2 is 2.00 bits per heavy atom. The first-order valence-electron chi connectivity index (χ1n) is 5.07. The van der Waals surface area contributed by atoms with Crippen LogP contribution in [0, 0.1) is 4.77 Å². The van der Waals surface area contributed by atoms with Gasteiger partial charge in [-0.3, -0.25) is 4.57 Å². The molecule has 2 heterocycles. The summed E-state index contributed by atoms with van der Waals surface area (Å²) in [7, 11) is 0. The van der Waals surface area contributed by atoms with Crippen LogP contribution < -0.4 is 0 Å². The Labute approximate surface area is 108 Å². The van der Waals surface area contributed by atoms with E-state index in [0.29, 0.717) is 9.79 Å². The van der Waals surface area contributed by atoms with E-state index in [1.54, 1.807) is 6.20 Å². The molecule has 3 aromatic rings. The van der Waals surface area contributed by atoms with Crippen molar-refractivity contribution < 1.29 is 0 Å². The molecule has 0 radical (unpaired) electrons. The molecule has 2 aromatic heterocycles. The van der Waals surface area contributed by atoms with Crippen molar-refractivity contribution in [2.75, 3.05) is 0 Å². The van der Waals surface area contributed by atoms with E-state index in [1.165, 1.54) is 0 Å². The summed E-state index contributed by atoms with van der Waals surface area (Å²) in [4.78, 5) is 7.41. The number of para-hydroxylation sites is 1. The number of hydrogen-bond acceptors (Lipinski definition) is 2. The number of benzene rings is 1. The fourth-order valence-electron chi connectivity index (χ4n) is 1.79.